The molecule has 0 aromatic carbocycles. The van der Waals surface area contributed by atoms with Crippen molar-refractivity contribution in [2.75, 3.05) is 0 Å². The van der Waals surface area contributed by atoms with E-state index in [-0.39, 0.29) is 58.2 Å². The van der Waals surface area contributed by atoms with Crippen LogP contribution < -0.4 is 58.2 Å². The Morgan fingerprint density at radius 1 is 1.60 bits per heavy atom. The van der Waals surface area contributed by atoms with Gasteiger partial charge in [0.2, 0.25) is 0 Å². The van der Waals surface area contributed by atoms with E-state index >= 15 is 0 Å². The third-order valence-corrected chi connectivity index (χ3v) is 0.894. The Morgan fingerprint density at radius 2 is 2.40 bits per heavy atom. The van der Waals surface area contributed by atoms with Gasteiger partial charge in [0, 0.05) is 6.33 Å². The zero-order chi connectivity index (χ0) is 6.53. The van der Waals surface area contributed by atoms with Crippen LogP contribution in [-0.2, 0) is 0 Å². The smallest absolute Gasteiger partial charge is 0.374 e. The van der Waals surface area contributed by atoms with Crippen molar-refractivity contribution in [2.45, 2.75) is 6.92 Å². The van der Waals surface area contributed by atoms with Gasteiger partial charge in [0.25, 0.3) is 0 Å². The zero-order valence-electron chi connectivity index (χ0n) is 6.20. The zero-order valence-corrected chi connectivity index (χ0v) is 11.1. The molecule has 0 N–H and O–H groups in total. The molecule has 0 saturated carbocycles. The van der Waals surface area contributed by atoms with Crippen LogP contribution in [0.4, 0.5) is 0 Å². The van der Waals surface area contributed by atoms with E-state index in [4.69, 9.17) is 0 Å². The molecule has 0 fully saturated rings. The molecule has 1 rings (SSSR count). The van der Waals surface area contributed by atoms with Gasteiger partial charge in [-0.25, -0.2) is 0 Å². The van der Waals surface area contributed by atoms with Crippen molar-refractivity contribution in [1.29, 1.82) is 0 Å². The van der Waals surface area contributed by atoms with Gasteiger partial charge < -0.3 is 9.97 Å². The molecule has 0 unspecified atom stereocenters. The predicted octanol–water partition coefficient (Wildman–Crippen LogP) is -1.69. The van der Waals surface area contributed by atoms with Crippen LogP contribution in [0.25, 0.3) is 6.08 Å². The normalized spacial score (nSPS) is 9.30. The fourth-order valence-corrected chi connectivity index (χ4v) is 0.534. The first-order valence-electron chi connectivity index (χ1n) is 2.75. The Morgan fingerprint density at radius 3 is 2.90 bits per heavy atom. The van der Waals surface area contributed by atoms with E-state index in [1.165, 1.54) is 0 Å². The summed E-state index contributed by atoms with van der Waals surface area (Å²) in [6.07, 6.45) is 7.99. The Kier molecular flexibility index (Phi) is 6.74. The van der Waals surface area contributed by atoms with Crippen molar-refractivity contribution in [3.05, 3.63) is 30.4 Å². The summed E-state index contributed by atoms with van der Waals surface area (Å²) in [5, 5.41) is 0. The summed E-state index contributed by atoms with van der Waals surface area (Å²) in [6, 6.07) is 1.83. The molecule has 0 bridgehead atoms. The first-order chi connectivity index (χ1) is 4.43. The Labute approximate surface area is 110 Å². The van der Waals surface area contributed by atoms with E-state index < -0.39 is 0 Å². The minimum absolute atomic E-state index is 0. The molecule has 0 aliphatic heterocycles. The van der Waals surface area contributed by atoms with Crippen molar-refractivity contribution in [3.8, 4) is 0 Å². The largest absolute Gasteiger partial charge is 1.00 e. The maximum absolute atomic E-state index is 3.85. The summed E-state index contributed by atoms with van der Waals surface area (Å²) in [5.41, 5.74) is 0.896. The van der Waals surface area contributed by atoms with Crippen LogP contribution in [0.1, 0.15) is 12.6 Å². The Bertz CT molecular complexity index is 196. The fourth-order valence-electron chi connectivity index (χ4n) is 0.534. The molecule has 0 spiro atoms. The first kappa shape index (κ1) is 10.6. The van der Waals surface area contributed by atoms with Gasteiger partial charge in [-0.05, 0) is 12.6 Å². The fraction of sp³-hybridized carbons (Fsp3) is 0.143. The van der Waals surface area contributed by atoms with Gasteiger partial charge in [0.05, 0.1) is 0 Å². The summed E-state index contributed by atoms with van der Waals surface area (Å²) in [4.78, 5) is 7.50. The summed E-state index contributed by atoms with van der Waals surface area (Å²) in [5.74, 6) is 0. The minimum Gasteiger partial charge on any atom is -0.374 e. The number of hydrogen-bond acceptors (Lipinski definition) is 2. The molecule has 0 saturated heterocycles. The number of nitrogens with zero attached hydrogens (tertiary/aromatic N) is 2. The van der Waals surface area contributed by atoms with Crippen LogP contribution in [0.15, 0.2) is 18.3 Å². The van der Waals surface area contributed by atoms with Gasteiger partial charge in [-0.1, -0.05) is 18.3 Å². The van der Waals surface area contributed by atoms with E-state index in [2.05, 4.69) is 16.3 Å². The third kappa shape index (κ3) is 3.71. The van der Waals surface area contributed by atoms with Crippen LogP contribution in [0.3, 0.4) is 0 Å². The van der Waals surface area contributed by atoms with Crippen molar-refractivity contribution in [2.24, 2.45) is 0 Å². The molecule has 0 atom stereocenters. The number of rotatable bonds is 1. The summed E-state index contributed by atoms with van der Waals surface area (Å²) >= 11 is 0. The van der Waals surface area contributed by atoms with Gasteiger partial charge in [-0.3, -0.25) is 0 Å². The molecule has 0 radical (unpaired) electrons. The van der Waals surface area contributed by atoms with Crippen molar-refractivity contribution in [3.63, 3.8) is 0 Å². The maximum atomic E-state index is 3.85. The van der Waals surface area contributed by atoms with Crippen LogP contribution in [0.5, 0.6) is 0 Å². The molecule has 46 valence electrons. The van der Waals surface area contributed by atoms with Gasteiger partial charge >= 0.3 is 58.2 Å². The molecule has 2 nitrogen and oxygen atoms in total. The number of hydrogen-bond donors (Lipinski definition) is 0. The average molecular weight is 205 g/mol. The van der Waals surface area contributed by atoms with Crippen molar-refractivity contribution < 1.29 is 58.2 Å². The number of allylic oxidation sites excluding steroid dienone is 1. The van der Waals surface area contributed by atoms with Crippen LogP contribution in [0, 0.1) is 6.33 Å². The van der Waals surface area contributed by atoms with E-state index in [1.807, 2.05) is 25.1 Å². The van der Waals surface area contributed by atoms with Gasteiger partial charge in [-0.15, -0.1) is 6.07 Å². The molecule has 0 aliphatic rings. The Balaban J connectivity index is 0.000000810. The van der Waals surface area contributed by atoms with Crippen molar-refractivity contribution in [1.82, 2.24) is 9.97 Å². The standard InChI is InChI=1S/C7H7N2.Rb/c1-2-3-7-4-5-8-6-9-7;/h2-5H,1H3;/q-1;+1/b3-2+;. The molecule has 1 heterocycles. The molecule has 1 aromatic heterocycles. The minimum atomic E-state index is 0. The molecule has 1 aromatic rings. The van der Waals surface area contributed by atoms with Gasteiger partial charge in [0.1, 0.15) is 0 Å². The van der Waals surface area contributed by atoms with E-state index in [0.29, 0.717) is 0 Å². The molecular weight excluding hydrogens is 198 g/mol. The summed E-state index contributed by atoms with van der Waals surface area (Å²) < 4.78 is 0. The topological polar surface area (TPSA) is 25.8 Å². The van der Waals surface area contributed by atoms with Gasteiger partial charge in [-0.2, -0.15) is 0 Å². The second-order valence-electron chi connectivity index (χ2n) is 1.58. The number of aromatic nitrogens is 2. The monoisotopic (exact) mass is 204 g/mol. The molecular formula is C7H7N2Rb. The molecule has 3 heteroatoms. The second kappa shape index (κ2) is 6.34. The maximum Gasteiger partial charge on any atom is 1.00 e. The van der Waals surface area contributed by atoms with Crippen LogP contribution >= 0.6 is 0 Å². The van der Waals surface area contributed by atoms with Crippen molar-refractivity contribution >= 4 is 6.08 Å². The quantitative estimate of drug-likeness (QED) is 0.511. The van der Waals surface area contributed by atoms with Crippen LogP contribution in [-0.4, -0.2) is 9.97 Å². The Hall–Kier alpha value is 0.625. The molecule has 0 aliphatic carbocycles. The first-order valence-corrected chi connectivity index (χ1v) is 2.75. The van der Waals surface area contributed by atoms with Crippen LogP contribution in [0.2, 0.25) is 0 Å². The average Bonchev–Trinajstić information content (AvgIpc) is 1.91. The van der Waals surface area contributed by atoms with Gasteiger partial charge in [0.15, 0.2) is 0 Å². The van der Waals surface area contributed by atoms with E-state index in [9.17, 15) is 0 Å². The second-order valence-corrected chi connectivity index (χ2v) is 1.58. The van der Waals surface area contributed by atoms with E-state index in [1.54, 1.807) is 6.20 Å². The summed E-state index contributed by atoms with van der Waals surface area (Å²) in [7, 11) is 0. The third-order valence-electron chi connectivity index (χ3n) is 0.894. The SMILES string of the molecule is C/C=C/c1ccn[c-]n1.[Rb+]. The molecule has 10 heavy (non-hydrogen) atoms. The summed E-state index contributed by atoms with van der Waals surface area (Å²) in [6.45, 7) is 1.95. The molecule has 0 amide bonds. The predicted molar refractivity (Wildman–Crippen MR) is 35.6 cm³/mol. The van der Waals surface area contributed by atoms with E-state index in [0.717, 1.165) is 5.69 Å².